The highest BCUT2D eigenvalue weighted by atomic mass is 32.1. The normalized spacial score (nSPS) is 17.3. The fourth-order valence-electron chi connectivity index (χ4n) is 4.68. The van der Waals surface area contributed by atoms with Crippen LogP contribution in [0.4, 0.5) is 0 Å². The van der Waals surface area contributed by atoms with E-state index < -0.39 is 23.3 Å². The molecule has 1 aliphatic rings. The first-order valence-electron chi connectivity index (χ1n) is 11.4. The van der Waals surface area contributed by atoms with Crippen molar-refractivity contribution in [3.05, 3.63) is 48.2 Å². The van der Waals surface area contributed by atoms with Gasteiger partial charge in [-0.1, -0.05) is 20.8 Å². The van der Waals surface area contributed by atoms with Crippen LogP contribution < -0.4 is 11.2 Å². The number of hydroxylamine groups is 2. The largest absolute Gasteiger partial charge is 0.389 e. The van der Waals surface area contributed by atoms with Crippen molar-refractivity contribution in [2.75, 3.05) is 13.2 Å². The summed E-state index contributed by atoms with van der Waals surface area (Å²) in [6, 6.07) is 0. The van der Waals surface area contributed by atoms with Gasteiger partial charge in [-0.25, -0.2) is 9.86 Å². The molecule has 1 aliphatic heterocycles. The van der Waals surface area contributed by atoms with Crippen LogP contribution in [0.3, 0.4) is 0 Å². The average molecular weight is 490 g/mol. The van der Waals surface area contributed by atoms with Gasteiger partial charge in [-0.05, 0) is 37.7 Å². The molecule has 1 fully saturated rings. The van der Waals surface area contributed by atoms with E-state index in [1.807, 2.05) is 27.7 Å². The van der Waals surface area contributed by atoms with Gasteiger partial charge in [-0.15, -0.1) is 11.3 Å². The number of H-pyrrole nitrogens is 1. The summed E-state index contributed by atoms with van der Waals surface area (Å²) in [6.45, 7) is 10.4. The third-order valence-corrected chi connectivity index (χ3v) is 7.44. The monoisotopic (exact) mass is 489 g/mol. The maximum Gasteiger partial charge on any atom is 0.331 e. The van der Waals surface area contributed by atoms with Crippen LogP contribution >= 0.6 is 11.3 Å². The van der Waals surface area contributed by atoms with Gasteiger partial charge < -0.3 is 5.11 Å². The minimum Gasteiger partial charge on any atom is -0.389 e. The van der Waals surface area contributed by atoms with E-state index in [1.54, 1.807) is 4.57 Å². The van der Waals surface area contributed by atoms with Gasteiger partial charge in [-0.3, -0.25) is 28.7 Å². The van der Waals surface area contributed by atoms with E-state index in [0.29, 0.717) is 22.7 Å². The van der Waals surface area contributed by atoms with Crippen molar-refractivity contribution in [3.8, 4) is 0 Å². The Hall–Kier alpha value is -2.76. The zero-order valence-electron chi connectivity index (χ0n) is 20.3. The molecule has 1 amide bonds. The first-order chi connectivity index (χ1) is 16.0. The molecule has 1 saturated heterocycles. The smallest absolute Gasteiger partial charge is 0.331 e. The molecular formula is C23H31N5O5S. The maximum atomic E-state index is 13.6. The van der Waals surface area contributed by atoms with Crippen LogP contribution in [0.25, 0.3) is 10.2 Å². The lowest BCUT2D eigenvalue weighted by atomic mass is 9.93. The molecule has 184 valence electrons. The van der Waals surface area contributed by atoms with Gasteiger partial charge in [0.25, 0.3) is 11.5 Å². The molecule has 3 aromatic heterocycles. The number of aliphatic hydroxyl groups excluding tert-OH is 1. The number of fused-ring (bicyclic) bond motifs is 1. The lowest BCUT2D eigenvalue weighted by molar-refractivity contribution is -0.0778. The Kier molecular flexibility index (Phi) is 6.54. The van der Waals surface area contributed by atoms with E-state index >= 15 is 0 Å². The van der Waals surface area contributed by atoms with Gasteiger partial charge >= 0.3 is 5.69 Å². The molecule has 10 nitrogen and oxygen atoms in total. The molecule has 2 atom stereocenters. The summed E-state index contributed by atoms with van der Waals surface area (Å²) in [4.78, 5) is 46.5. The predicted molar refractivity (Wildman–Crippen MR) is 129 cm³/mol. The number of nitrogens with one attached hydrogen (secondary N) is 1. The molecular weight excluding hydrogens is 458 g/mol. The number of rotatable bonds is 6. The summed E-state index contributed by atoms with van der Waals surface area (Å²) >= 11 is 1.31. The second-order valence-electron chi connectivity index (χ2n) is 9.50. The number of aliphatic hydroxyl groups is 1. The number of carbonyl (C=O) groups is 1. The van der Waals surface area contributed by atoms with Crippen LogP contribution in [0.1, 0.15) is 58.9 Å². The Balaban J connectivity index is 1.95. The summed E-state index contributed by atoms with van der Waals surface area (Å²) in [5.41, 5.74) is 2.25. The number of aromatic amines is 1. The highest BCUT2D eigenvalue weighted by Crippen LogP contribution is 2.35. The molecule has 0 aromatic carbocycles. The quantitative estimate of drug-likeness (QED) is 0.545. The van der Waals surface area contributed by atoms with E-state index in [-0.39, 0.29) is 35.9 Å². The molecule has 0 bridgehead atoms. The van der Waals surface area contributed by atoms with Crippen molar-refractivity contribution >= 4 is 27.5 Å². The number of carbonyl (C=O) groups excluding carboxylic acids is 1. The minimum atomic E-state index is -0.783. The number of amides is 1. The van der Waals surface area contributed by atoms with Gasteiger partial charge in [0.05, 0.1) is 23.2 Å². The first kappa shape index (κ1) is 24.4. The molecule has 0 unspecified atom stereocenters. The fourth-order valence-corrected chi connectivity index (χ4v) is 6.09. The average Bonchev–Trinajstić information content (AvgIpc) is 3.46. The van der Waals surface area contributed by atoms with Crippen LogP contribution in [0.15, 0.2) is 9.59 Å². The number of thiophene rings is 1. The summed E-state index contributed by atoms with van der Waals surface area (Å²) in [5.74, 6) is -0.301. The van der Waals surface area contributed by atoms with E-state index in [9.17, 15) is 19.5 Å². The predicted octanol–water partition coefficient (Wildman–Crippen LogP) is 1.85. The SMILES string of the molecule is Cc1n[nH]c(C)c1[C@@H](C)Cc1sc2c(c1C(=O)N1C[C@H](O)CO1)c(=O)n(C)c(=O)n2CC(C)C. The zero-order chi connectivity index (χ0) is 24.9. The Bertz CT molecular complexity index is 1350. The van der Waals surface area contributed by atoms with Gasteiger partial charge in [0.2, 0.25) is 0 Å². The topological polar surface area (TPSA) is 122 Å². The van der Waals surface area contributed by atoms with Gasteiger partial charge in [0.1, 0.15) is 17.5 Å². The van der Waals surface area contributed by atoms with Crippen LogP contribution in [-0.4, -0.2) is 54.7 Å². The Labute approximate surface area is 200 Å². The standard InChI is InChI=1S/C23H31N5O5S/c1-11(2)8-27-22-19(20(30)26(6)23(27)32)18(21(31)28-9-15(29)10-33-28)16(34-22)7-12(3)17-13(4)24-25-14(17)5/h11-12,15,29H,7-10H2,1-6H3,(H,24,25)/t12-,15-/m0/s1. The van der Waals surface area contributed by atoms with Crippen molar-refractivity contribution < 1.29 is 14.7 Å². The first-order valence-corrected chi connectivity index (χ1v) is 12.2. The maximum absolute atomic E-state index is 13.6. The summed E-state index contributed by atoms with van der Waals surface area (Å²) < 4.78 is 2.65. The van der Waals surface area contributed by atoms with Crippen LogP contribution in [-0.2, 0) is 24.9 Å². The highest BCUT2D eigenvalue weighted by Gasteiger charge is 2.34. The van der Waals surface area contributed by atoms with Crippen molar-refractivity contribution in [1.29, 1.82) is 0 Å². The zero-order valence-corrected chi connectivity index (χ0v) is 21.2. The van der Waals surface area contributed by atoms with Crippen LogP contribution in [0.5, 0.6) is 0 Å². The molecule has 3 aromatic rings. The van der Waals surface area contributed by atoms with Crippen molar-refractivity contribution in [2.24, 2.45) is 13.0 Å². The van der Waals surface area contributed by atoms with Gasteiger partial charge in [0, 0.05) is 24.2 Å². The summed E-state index contributed by atoms with van der Waals surface area (Å²) in [7, 11) is 1.43. The molecule has 0 spiro atoms. The third-order valence-electron chi connectivity index (χ3n) is 6.20. The molecule has 0 radical (unpaired) electrons. The second-order valence-corrected chi connectivity index (χ2v) is 10.6. The number of nitrogens with zero attached hydrogens (tertiary/aromatic N) is 4. The molecule has 11 heteroatoms. The lowest BCUT2D eigenvalue weighted by Gasteiger charge is -2.16. The molecule has 2 N–H and O–H groups in total. The third kappa shape index (κ3) is 4.12. The van der Waals surface area contributed by atoms with Gasteiger partial charge in [0.15, 0.2) is 0 Å². The Morgan fingerprint density at radius 2 is 2.00 bits per heavy atom. The number of aryl methyl sites for hydroxylation is 2. The Morgan fingerprint density at radius 1 is 1.29 bits per heavy atom. The molecule has 4 heterocycles. The summed E-state index contributed by atoms with van der Waals surface area (Å²) in [6.07, 6.45) is -0.300. The lowest BCUT2D eigenvalue weighted by Crippen LogP contribution is -2.39. The van der Waals surface area contributed by atoms with Crippen molar-refractivity contribution in [1.82, 2.24) is 24.4 Å². The van der Waals surface area contributed by atoms with Crippen molar-refractivity contribution in [3.63, 3.8) is 0 Å². The number of β-amino-alcohol motifs (C(OH)–C–C–N with tert-alkyl or cyclic N) is 1. The molecule has 0 saturated carbocycles. The van der Waals surface area contributed by atoms with Gasteiger partial charge in [-0.2, -0.15) is 5.10 Å². The van der Waals surface area contributed by atoms with Crippen molar-refractivity contribution in [2.45, 2.75) is 59.6 Å². The van der Waals surface area contributed by atoms with E-state index in [1.165, 1.54) is 18.4 Å². The molecule has 4 rings (SSSR count). The Morgan fingerprint density at radius 3 is 2.56 bits per heavy atom. The number of hydrogen-bond donors (Lipinski definition) is 2. The molecule has 0 aliphatic carbocycles. The van der Waals surface area contributed by atoms with E-state index in [4.69, 9.17) is 4.84 Å². The summed E-state index contributed by atoms with van der Waals surface area (Å²) in [5, 5.41) is 18.5. The highest BCUT2D eigenvalue weighted by molar-refractivity contribution is 7.19. The van der Waals surface area contributed by atoms with Crippen LogP contribution in [0, 0.1) is 19.8 Å². The fraction of sp³-hybridized carbons (Fsp3) is 0.565. The van der Waals surface area contributed by atoms with Crippen LogP contribution in [0.2, 0.25) is 0 Å². The minimum absolute atomic E-state index is 0.0116. The number of hydrogen-bond acceptors (Lipinski definition) is 7. The van der Waals surface area contributed by atoms with E-state index in [0.717, 1.165) is 26.6 Å². The second kappa shape index (κ2) is 9.12. The molecule has 34 heavy (non-hydrogen) atoms. The number of aromatic nitrogens is 4. The van der Waals surface area contributed by atoms with E-state index in [2.05, 4.69) is 17.1 Å².